The molecule has 0 saturated heterocycles. The second-order valence-electron chi connectivity index (χ2n) is 4.83. The Balaban J connectivity index is -0.0000000551. The summed E-state index contributed by atoms with van der Waals surface area (Å²) in [4.78, 5) is 0. The van der Waals surface area contributed by atoms with E-state index < -0.39 is 0 Å². The third-order valence-electron chi connectivity index (χ3n) is 2.52. The van der Waals surface area contributed by atoms with Gasteiger partial charge in [0.2, 0.25) is 0 Å². The molecule has 0 aliphatic carbocycles. The summed E-state index contributed by atoms with van der Waals surface area (Å²) < 4.78 is 5.34. The van der Waals surface area contributed by atoms with Crippen LogP contribution >= 0.6 is 0 Å². The Labute approximate surface area is 166 Å². The maximum atomic E-state index is 5.34. The molecule has 0 aliphatic rings. The summed E-state index contributed by atoms with van der Waals surface area (Å²) in [5.41, 5.74) is 0.0564. The van der Waals surface area contributed by atoms with E-state index in [2.05, 4.69) is 27.7 Å². The zero-order valence-electron chi connectivity index (χ0n) is 13.8. The molecule has 1 unspecified atom stereocenters. The van der Waals surface area contributed by atoms with Gasteiger partial charge in [-0.15, -0.1) is 0 Å². The SMILES string of the molecule is C[CH-]C.[CH2-]CC(C)CCCC(C)(C)OC.[Cl-].[Cl-].[Mg+2].[Mg+2]. The molecular weight excluding hydrogens is 304 g/mol. The van der Waals surface area contributed by atoms with E-state index >= 15 is 0 Å². The average Bonchev–Trinajstić information content (AvgIpc) is 2.18. The number of ether oxygens (including phenoxy) is 1. The molecule has 0 bridgehead atoms. The van der Waals surface area contributed by atoms with Crippen molar-refractivity contribution in [3.8, 4) is 0 Å². The van der Waals surface area contributed by atoms with Crippen LogP contribution in [0, 0.1) is 19.3 Å². The van der Waals surface area contributed by atoms with E-state index in [0.717, 1.165) is 18.8 Å². The minimum absolute atomic E-state index is 0. The maximum absolute atomic E-state index is 5.34. The van der Waals surface area contributed by atoms with E-state index in [0.29, 0.717) is 0 Å². The van der Waals surface area contributed by atoms with Gasteiger partial charge < -0.3 is 42.9 Å². The second-order valence-corrected chi connectivity index (χ2v) is 4.83. The summed E-state index contributed by atoms with van der Waals surface area (Å²) in [6, 6.07) is 0. The normalized spacial score (nSPS) is 10.3. The van der Waals surface area contributed by atoms with E-state index in [9.17, 15) is 0 Å². The van der Waals surface area contributed by atoms with Crippen LogP contribution < -0.4 is 24.8 Å². The van der Waals surface area contributed by atoms with E-state index in [1.54, 1.807) is 7.11 Å². The van der Waals surface area contributed by atoms with Gasteiger partial charge in [0, 0.05) is 7.11 Å². The molecule has 0 aromatic heterocycles. The van der Waals surface area contributed by atoms with Crippen LogP contribution in [-0.4, -0.2) is 58.8 Å². The summed E-state index contributed by atoms with van der Waals surface area (Å²) >= 11 is 0. The van der Waals surface area contributed by atoms with Crippen LogP contribution in [-0.2, 0) is 4.74 Å². The average molecular weight is 334 g/mol. The van der Waals surface area contributed by atoms with Gasteiger partial charge in [0.05, 0.1) is 5.60 Å². The predicted molar refractivity (Wildman–Crippen MR) is 81.2 cm³/mol. The predicted octanol–water partition coefficient (Wildman–Crippen LogP) is -2.08. The third-order valence-corrected chi connectivity index (χ3v) is 2.52. The molecule has 1 nitrogen and oxygen atoms in total. The van der Waals surface area contributed by atoms with Crippen molar-refractivity contribution in [1.29, 1.82) is 0 Å². The molecule has 0 spiro atoms. The Hall–Kier alpha value is 2.07. The monoisotopic (exact) mass is 332 g/mol. The largest absolute Gasteiger partial charge is 2.00 e. The Kier molecular flexibility index (Phi) is 49.3. The van der Waals surface area contributed by atoms with Crippen molar-refractivity contribution in [2.24, 2.45) is 5.92 Å². The number of halogens is 2. The van der Waals surface area contributed by atoms with Crippen molar-refractivity contribution >= 4 is 46.1 Å². The van der Waals surface area contributed by atoms with Crippen molar-refractivity contribution in [2.75, 3.05) is 7.11 Å². The summed E-state index contributed by atoms with van der Waals surface area (Å²) in [6.45, 7) is 14.4. The van der Waals surface area contributed by atoms with Gasteiger partial charge in [-0.2, -0.15) is 20.3 Å². The summed E-state index contributed by atoms with van der Waals surface area (Å²) in [5, 5.41) is 0. The molecule has 0 amide bonds. The van der Waals surface area contributed by atoms with Gasteiger partial charge >= 0.3 is 46.1 Å². The van der Waals surface area contributed by atoms with Gasteiger partial charge in [-0.05, 0) is 20.3 Å². The van der Waals surface area contributed by atoms with Crippen LogP contribution in [0.3, 0.4) is 0 Å². The van der Waals surface area contributed by atoms with Crippen LogP contribution in [0.1, 0.15) is 60.3 Å². The van der Waals surface area contributed by atoms with Gasteiger partial charge in [0.15, 0.2) is 0 Å². The van der Waals surface area contributed by atoms with Crippen molar-refractivity contribution < 1.29 is 29.6 Å². The smallest absolute Gasteiger partial charge is 1.00 e. The molecule has 0 rings (SSSR count). The molecule has 0 N–H and O–H groups in total. The first-order valence-corrected chi connectivity index (χ1v) is 6.01. The summed E-state index contributed by atoms with van der Waals surface area (Å²) in [6.07, 6.45) is 6.72. The van der Waals surface area contributed by atoms with E-state index in [4.69, 9.17) is 4.74 Å². The maximum Gasteiger partial charge on any atom is 2.00 e. The first kappa shape index (κ1) is 37.4. The van der Waals surface area contributed by atoms with Gasteiger partial charge in [-0.25, -0.2) is 0 Å². The molecule has 0 aliphatic heterocycles. The summed E-state index contributed by atoms with van der Waals surface area (Å²) in [5.74, 6) is 0.762. The van der Waals surface area contributed by atoms with E-state index in [-0.39, 0.29) is 76.5 Å². The van der Waals surface area contributed by atoms with E-state index in [1.165, 1.54) is 12.8 Å². The number of rotatable bonds is 6. The molecule has 0 radical (unpaired) electrons. The first-order valence-electron chi connectivity index (χ1n) is 6.01. The van der Waals surface area contributed by atoms with Crippen LogP contribution in [0.4, 0.5) is 0 Å². The van der Waals surface area contributed by atoms with Crippen molar-refractivity contribution in [3.63, 3.8) is 0 Å². The van der Waals surface area contributed by atoms with Gasteiger partial charge in [-0.1, -0.05) is 25.7 Å². The molecule has 0 heterocycles. The number of methoxy groups -OCH3 is 1. The Morgan fingerprint density at radius 2 is 1.53 bits per heavy atom. The minimum atomic E-state index is 0. The zero-order chi connectivity index (χ0) is 12.3. The molecule has 0 saturated carbocycles. The Morgan fingerprint density at radius 3 is 1.79 bits per heavy atom. The fourth-order valence-corrected chi connectivity index (χ4v) is 1.12. The van der Waals surface area contributed by atoms with Crippen molar-refractivity contribution in [2.45, 2.75) is 65.9 Å². The molecule has 5 heteroatoms. The van der Waals surface area contributed by atoms with Gasteiger partial charge in [0.25, 0.3) is 0 Å². The van der Waals surface area contributed by atoms with E-state index in [1.807, 2.05) is 20.3 Å². The third kappa shape index (κ3) is 33.1. The van der Waals surface area contributed by atoms with Crippen LogP contribution in [0.15, 0.2) is 0 Å². The second kappa shape index (κ2) is 25.1. The molecule has 110 valence electrons. The Morgan fingerprint density at radius 1 is 1.16 bits per heavy atom. The zero-order valence-corrected chi connectivity index (χ0v) is 18.1. The molecule has 19 heavy (non-hydrogen) atoms. The number of hydrogen-bond acceptors (Lipinski definition) is 1. The van der Waals surface area contributed by atoms with Crippen molar-refractivity contribution in [3.05, 3.63) is 13.3 Å². The standard InChI is InChI=1S/C11H23O.C3H7.2ClH.2Mg/c1-6-10(2)8-7-9-11(3,4)12-5;1-3-2;;;;/h10H,1,6-9H2,2-5H3;3H,1-2H3;2*1H;;/q2*-1;;;2*+2/p-2. The topological polar surface area (TPSA) is 9.23 Å². The van der Waals surface area contributed by atoms with Crippen LogP contribution in [0.2, 0.25) is 0 Å². The van der Waals surface area contributed by atoms with Crippen LogP contribution in [0.5, 0.6) is 0 Å². The molecule has 1 atom stereocenters. The van der Waals surface area contributed by atoms with Crippen LogP contribution in [0.25, 0.3) is 0 Å². The van der Waals surface area contributed by atoms with Gasteiger partial charge in [-0.3, -0.25) is 0 Å². The molecule has 0 aromatic carbocycles. The summed E-state index contributed by atoms with van der Waals surface area (Å²) in [7, 11) is 1.78. The fourth-order valence-electron chi connectivity index (χ4n) is 1.12. The molecule has 0 aromatic rings. The Bertz CT molecular complexity index is 137. The van der Waals surface area contributed by atoms with Crippen molar-refractivity contribution in [1.82, 2.24) is 0 Å². The fraction of sp³-hybridized carbons (Fsp3) is 0.857. The quantitative estimate of drug-likeness (QED) is 0.400. The molecule has 0 fully saturated rings. The molecular formula is C14H30Cl2Mg2O. The first-order chi connectivity index (χ1) is 6.93. The minimum Gasteiger partial charge on any atom is -1.00 e. The van der Waals surface area contributed by atoms with Gasteiger partial charge in [0.1, 0.15) is 0 Å². The number of hydrogen-bond donors (Lipinski definition) is 0.